The molecule has 0 saturated carbocycles. The number of unbranched alkanes of at least 4 members (excludes halogenated alkanes) is 11. The fraction of sp³-hybridized carbons (Fsp3) is 0.591. The molecule has 0 spiro atoms. The number of benzene rings is 1. The van der Waals surface area contributed by atoms with Crippen LogP contribution in [0.5, 0.6) is 5.75 Å². The van der Waals surface area contributed by atoms with Gasteiger partial charge in [0.1, 0.15) is 11.3 Å². The molecule has 0 unspecified atom stereocenters. The Morgan fingerprint density at radius 2 is 1.48 bits per heavy atom. The molecule has 0 atom stereocenters. The first-order chi connectivity index (χ1) is 12.1. The fourth-order valence-electron chi connectivity index (χ4n) is 2.97. The quantitative estimate of drug-likeness (QED) is 0.364. The van der Waals surface area contributed by atoms with E-state index in [0.717, 1.165) is 12.0 Å². The lowest BCUT2D eigenvalue weighted by Gasteiger charge is -2.02. The molecule has 0 aliphatic rings. The van der Waals surface area contributed by atoms with E-state index in [2.05, 4.69) is 13.0 Å². The molecule has 1 aromatic carbocycles. The van der Waals surface area contributed by atoms with Gasteiger partial charge in [0.2, 0.25) is 0 Å². The summed E-state index contributed by atoms with van der Waals surface area (Å²) in [7, 11) is 0. The second-order valence-corrected chi connectivity index (χ2v) is 6.81. The van der Waals surface area contributed by atoms with Gasteiger partial charge in [-0.3, -0.25) is 0 Å². The number of aromatic hydroxyl groups is 1. The van der Waals surface area contributed by atoms with Crippen molar-refractivity contribution in [2.75, 3.05) is 0 Å². The first kappa shape index (κ1) is 21.3. The predicted octanol–water partition coefficient (Wildman–Crippen LogP) is 6.80. The zero-order valence-corrected chi connectivity index (χ0v) is 15.7. The summed E-state index contributed by atoms with van der Waals surface area (Å²) < 4.78 is 0. The van der Waals surface area contributed by atoms with Crippen molar-refractivity contribution in [3.05, 3.63) is 35.4 Å². The Bertz CT molecular complexity index is 520. The van der Waals surface area contributed by atoms with E-state index < -0.39 is 5.97 Å². The molecule has 0 amide bonds. The molecule has 0 aliphatic heterocycles. The minimum atomic E-state index is -1.10. The number of carbonyl (C=O) groups is 1. The second-order valence-electron chi connectivity index (χ2n) is 6.81. The molecule has 0 heterocycles. The zero-order valence-electron chi connectivity index (χ0n) is 15.7. The number of phenols is 1. The highest BCUT2D eigenvalue weighted by Gasteiger charge is 2.08. The van der Waals surface area contributed by atoms with Crippen molar-refractivity contribution in [2.45, 2.75) is 84.0 Å². The van der Waals surface area contributed by atoms with Crippen molar-refractivity contribution in [1.29, 1.82) is 0 Å². The number of hydrogen-bond acceptors (Lipinski definition) is 2. The van der Waals surface area contributed by atoms with Crippen LogP contribution in [-0.2, 0) is 0 Å². The van der Waals surface area contributed by atoms with Gasteiger partial charge in [-0.2, -0.15) is 0 Å². The Morgan fingerprint density at radius 1 is 0.920 bits per heavy atom. The van der Waals surface area contributed by atoms with Gasteiger partial charge < -0.3 is 10.2 Å². The van der Waals surface area contributed by atoms with Crippen LogP contribution >= 0.6 is 0 Å². The highest BCUT2D eigenvalue weighted by Crippen LogP contribution is 2.19. The first-order valence-corrected chi connectivity index (χ1v) is 9.88. The van der Waals surface area contributed by atoms with Crippen LogP contribution in [-0.4, -0.2) is 16.2 Å². The Morgan fingerprint density at radius 3 is 2.04 bits per heavy atom. The molecule has 0 saturated heterocycles. The first-order valence-electron chi connectivity index (χ1n) is 9.88. The lowest BCUT2D eigenvalue weighted by atomic mass is 10.0. The largest absolute Gasteiger partial charge is 0.507 e. The highest BCUT2D eigenvalue weighted by molar-refractivity contribution is 5.91. The molecule has 1 rings (SSSR count). The van der Waals surface area contributed by atoms with E-state index in [1.54, 1.807) is 6.07 Å². The van der Waals surface area contributed by atoms with Gasteiger partial charge in [-0.05, 0) is 30.5 Å². The summed E-state index contributed by atoms with van der Waals surface area (Å²) in [4.78, 5) is 11.0. The molecule has 3 nitrogen and oxygen atoms in total. The molecule has 0 radical (unpaired) electrons. The number of aromatic carboxylic acids is 1. The van der Waals surface area contributed by atoms with E-state index in [1.807, 2.05) is 6.08 Å². The third kappa shape index (κ3) is 9.96. The summed E-state index contributed by atoms with van der Waals surface area (Å²) in [5, 5.41) is 18.5. The monoisotopic (exact) mass is 346 g/mol. The van der Waals surface area contributed by atoms with Crippen LogP contribution in [0.1, 0.15) is 99.9 Å². The molecule has 0 bridgehead atoms. The number of carboxylic acid groups (broad SMARTS) is 1. The predicted molar refractivity (Wildman–Crippen MR) is 105 cm³/mol. The molecule has 0 fully saturated rings. The van der Waals surface area contributed by atoms with Crippen molar-refractivity contribution >= 4 is 12.0 Å². The van der Waals surface area contributed by atoms with Gasteiger partial charge in [0.15, 0.2) is 0 Å². The summed E-state index contributed by atoms with van der Waals surface area (Å²) in [6.45, 7) is 2.26. The third-order valence-electron chi connectivity index (χ3n) is 4.54. The molecular formula is C22H34O3. The number of rotatable bonds is 14. The van der Waals surface area contributed by atoms with Crippen LogP contribution in [0.25, 0.3) is 6.08 Å². The molecule has 0 aliphatic carbocycles. The third-order valence-corrected chi connectivity index (χ3v) is 4.54. The number of allylic oxidation sites excluding steroid dienone is 1. The van der Waals surface area contributed by atoms with Gasteiger partial charge in [-0.25, -0.2) is 4.79 Å². The fourth-order valence-corrected chi connectivity index (χ4v) is 2.97. The SMILES string of the molecule is CCCCCCCCCCCCC/C=C/c1ccc(O)c(C(=O)O)c1. The van der Waals surface area contributed by atoms with Gasteiger partial charge in [-0.1, -0.05) is 89.4 Å². The van der Waals surface area contributed by atoms with Crippen LogP contribution in [0.2, 0.25) is 0 Å². The topological polar surface area (TPSA) is 57.5 Å². The van der Waals surface area contributed by atoms with E-state index in [4.69, 9.17) is 5.11 Å². The smallest absolute Gasteiger partial charge is 0.339 e. The Hall–Kier alpha value is -1.77. The lowest BCUT2D eigenvalue weighted by Crippen LogP contribution is -1.96. The average Bonchev–Trinajstić information content (AvgIpc) is 2.60. The van der Waals surface area contributed by atoms with Crippen molar-refractivity contribution in [1.82, 2.24) is 0 Å². The number of carboxylic acids is 1. The maximum Gasteiger partial charge on any atom is 0.339 e. The summed E-state index contributed by atoms with van der Waals surface area (Å²) in [5.74, 6) is -1.28. The summed E-state index contributed by atoms with van der Waals surface area (Å²) >= 11 is 0. The van der Waals surface area contributed by atoms with E-state index in [9.17, 15) is 9.90 Å². The molecule has 0 aromatic heterocycles. The Balaban J connectivity index is 2.05. The summed E-state index contributed by atoms with van der Waals surface area (Å²) in [6, 6.07) is 4.68. The highest BCUT2D eigenvalue weighted by atomic mass is 16.4. The lowest BCUT2D eigenvalue weighted by molar-refractivity contribution is 0.0693. The van der Waals surface area contributed by atoms with Gasteiger partial charge in [-0.15, -0.1) is 0 Å². The van der Waals surface area contributed by atoms with Crippen molar-refractivity contribution in [3.8, 4) is 5.75 Å². The maximum atomic E-state index is 11.0. The van der Waals surface area contributed by atoms with E-state index >= 15 is 0 Å². The van der Waals surface area contributed by atoms with Crippen LogP contribution in [0.15, 0.2) is 24.3 Å². The normalized spacial score (nSPS) is 11.2. The molecule has 25 heavy (non-hydrogen) atoms. The molecule has 140 valence electrons. The molecule has 2 N–H and O–H groups in total. The minimum Gasteiger partial charge on any atom is -0.507 e. The van der Waals surface area contributed by atoms with Crippen LogP contribution in [0.3, 0.4) is 0 Å². The summed E-state index contributed by atoms with van der Waals surface area (Å²) in [5.41, 5.74) is 0.773. The van der Waals surface area contributed by atoms with Gasteiger partial charge in [0.25, 0.3) is 0 Å². The molecule has 1 aromatic rings. The maximum absolute atomic E-state index is 11.0. The average molecular weight is 347 g/mol. The Kier molecular flexibility index (Phi) is 11.5. The van der Waals surface area contributed by atoms with E-state index in [1.165, 1.54) is 82.8 Å². The standard InChI is InChI=1S/C22H34O3/c1-2-3-4-5-6-7-8-9-10-11-12-13-14-15-19-16-17-21(23)20(18-19)22(24)25/h14-18,23H,2-13H2,1H3,(H,24,25)/b15-14+. The van der Waals surface area contributed by atoms with Crippen LogP contribution < -0.4 is 0 Å². The van der Waals surface area contributed by atoms with Gasteiger partial charge in [0, 0.05) is 0 Å². The van der Waals surface area contributed by atoms with Crippen molar-refractivity contribution in [3.63, 3.8) is 0 Å². The zero-order chi connectivity index (χ0) is 18.3. The van der Waals surface area contributed by atoms with E-state index in [0.29, 0.717) is 0 Å². The number of hydrogen-bond donors (Lipinski definition) is 2. The van der Waals surface area contributed by atoms with E-state index in [-0.39, 0.29) is 11.3 Å². The molecular weight excluding hydrogens is 312 g/mol. The van der Waals surface area contributed by atoms with Gasteiger partial charge in [0.05, 0.1) is 0 Å². The Labute approximate surface area is 152 Å². The minimum absolute atomic E-state index is 0.0446. The van der Waals surface area contributed by atoms with Crippen molar-refractivity contribution < 1.29 is 15.0 Å². The molecule has 3 heteroatoms. The summed E-state index contributed by atoms with van der Waals surface area (Å²) in [6.07, 6.45) is 19.8. The van der Waals surface area contributed by atoms with Crippen molar-refractivity contribution in [2.24, 2.45) is 0 Å². The van der Waals surface area contributed by atoms with Crippen LogP contribution in [0, 0.1) is 0 Å². The van der Waals surface area contributed by atoms with Crippen LogP contribution in [0.4, 0.5) is 0 Å². The van der Waals surface area contributed by atoms with Gasteiger partial charge >= 0.3 is 5.97 Å². The second kappa shape index (κ2) is 13.5.